The molecule has 0 aliphatic carbocycles. The van der Waals surface area contributed by atoms with Crippen LogP contribution in [-0.2, 0) is 5.41 Å². The minimum atomic E-state index is 0.114. The van der Waals surface area contributed by atoms with E-state index in [0.29, 0.717) is 0 Å². The molecular weight excluding hydrogens is 208 g/mol. The lowest BCUT2D eigenvalue weighted by atomic mass is 9.86. The minimum absolute atomic E-state index is 0.114. The second-order valence-corrected chi connectivity index (χ2v) is 5.24. The lowest BCUT2D eigenvalue weighted by Crippen LogP contribution is -2.19. The Labute approximate surface area is 105 Å². The second kappa shape index (κ2) is 5.17. The van der Waals surface area contributed by atoms with E-state index < -0.39 is 0 Å². The quantitative estimate of drug-likeness (QED) is 0.566. The van der Waals surface area contributed by atoms with Crippen molar-refractivity contribution in [3.05, 3.63) is 42.5 Å². The van der Waals surface area contributed by atoms with Gasteiger partial charge in [0.1, 0.15) is 0 Å². The highest BCUT2D eigenvalue weighted by Gasteiger charge is 2.19. The molecule has 0 atom stereocenters. The van der Waals surface area contributed by atoms with E-state index in [-0.39, 0.29) is 5.41 Å². The first-order valence-electron chi connectivity index (χ1n) is 5.87. The first-order chi connectivity index (χ1) is 7.86. The molecule has 1 rings (SSSR count). The number of hydrazone groups is 1. The van der Waals surface area contributed by atoms with Crippen LogP contribution in [0.3, 0.4) is 0 Å². The van der Waals surface area contributed by atoms with Gasteiger partial charge < -0.3 is 0 Å². The molecule has 0 heterocycles. The SMILES string of the molecule is C=C/C(C)=N\N(C)c1ccccc1C(C)(C)C. The van der Waals surface area contributed by atoms with Crippen molar-refractivity contribution in [3.8, 4) is 0 Å². The van der Waals surface area contributed by atoms with Crippen molar-refractivity contribution in [2.24, 2.45) is 5.10 Å². The van der Waals surface area contributed by atoms with E-state index in [0.717, 1.165) is 11.4 Å². The summed E-state index contributed by atoms with van der Waals surface area (Å²) in [4.78, 5) is 0. The van der Waals surface area contributed by atoms with Gasteiger partial charge in [-0.25, -0.2) is 0 Å². The van der Waals surface area contributed by atoms with E-state index in [9.17, 15) is 0 Å². The molecule has 0 spiro atoms. The van der Waals surface area contributed by atoms with Crippen LogP contribution in [0.2, 0.25) is 0 Å². The van der Waals surface area contributed by atoms with Crippen molar-refractivity contribution < 1.29 is 0 Å². The van der Waals surface area contributed by atoms with Gasteiger partial charge in [0.05, 0.1) is 11.4 Å². The smallest absolute Gasteiger partial charge is 0.0627 e. The number of anilines is 1. The van der Waals surface area contributed by atoms with E-state index in [1.807, 2.05) is 25.0 Å². The van der Waals surface area contributed by atoms with Gasteiger partial charge in [-0.1, -0.05) is 45.5 Å². The van der Waals surface area contributed by atoms with Crippen molar-refractivity contribution in [2.75, 3.05) is 12.1 Å². The van der Waals surface area contributed by atoms with Gasteiger partial charge >= 0.3 is 0 Å². The zero-order valence-corrected chi connectivity index (χ0v) is 11.5. The standard InChI is InChI=1S/C15H22N2/c1-7-12(2)16-17(6)14-11-9-8-10-13(14)15(3,4)5/h7-11H,1H2,2-6H3/b16-12-. The molecule has 0 bridgehead atoms. The van der Waals surface area contributed by atoms with Crippen LogP contribution in [0.5, 0.6) is 0 Å². The van der Waals surface area contributed by atoms with Gasteiger partial charge in [-0.05, 0) is 30.0 Å². The third kappa shape index (κ3) is 3.45. The summed E-state index contributed by atoms with van der Waals surface area (Å²) in [7, 11) is 1.97. The summed E-state index contributed by atoms with van der Waals surface area (Å²) in [6.07, 6.45) is 1.76. The molecule has 0 aromatic heterocycles. The predicted octanol–water partition coefficient (Wildman–Crippen LogP) is 3.98. The molecule has 0 fully saturated rings. The van der Waals surface area contributed by atoms with Gasteiger partial charge in [-0.2, -0.15) is 5.10 Å². The normalized spacial score (nSPS) is 12.4. The van der Waals surface area contributed by atoms with Gasteiger partial charge in [-0.15, -0.1) is 0 Å². The fourth-order valence-electron chi connectivity index (χ4n) is 1.72. The zero-order chi connectivity index (χ0) is 13.1. The Balaban J connectivity index is 3.18. The van der Waals surface area contributed by atoms with Crippen LogP contribution in [0.15, 0.2) is 42.0 Å². The van der Waals surface area contributed by atoms with E-state index in [1.54, 1.807) is 6.08 Å². The Kier molecular flexibility index (Phi) is 4.11. The van der Waals surface area contributed by atoms with E-state index in [4.69, 9.17) is 0 Å². The highest BCUT2D eigenvalue weighted by atomic mass is 15.4. The number of hydrogen-bond acceptors (Lipinski definition) is 2. The molecule has 0 aliphatic heterocycles. The van der Waals surface area contributed by atoms with E-state index in [1.165, 1.54) is 5.56 Å². The largest absolute Gasteiger partial charge is 0.268 e. The van der Waals surface area contributed by atoms with Crippen molar-refractivity contribution >= 4 is 11.4 Å². The number of nitrogens with zero attached hydrogens (tertiary/aromatic N) is 2. The maximum Gasteiger partial charge on any atom is 0.0627 e. The van der Waals surface area contributed by atoms with Gasteiger partial charge in [-0.3, -0.25) is 5.01 Å². The van der Waals surface area contributed by atoms with Crippen molar-refractivity contribution in [1.29, 1.82) is 0 Å². The Morgan fingerprint density at radius 3 is 2.41 bits per heavy atom. The number of para-hydroxylation sites is 1. The van der Waals surface area contributed by atoms with E-state index in [2.05, 4.69) is 50.7 Å². The average Bonchev–Trinajstić information content (AvgIpc) is 2.27. The van der Waals surface area contributed by atoms with Crippen LogP contribution in [0, 0.1) is 0 Å². The lowest BCUT2D eigenvalue weighted by molar-refractivity contribution is 0.589. The van der Waals surface area contributed by atoms with Crippen molar-refractivity contribution in [1.82, 2.24) is 0 Å². The van der Waals surface area contributed by atoms with Gasteiger partial charge in [0.25, 0.3) is 0 Å². The third-order valence-corrected chi connectivity index (χ3v) is 2.66. The summed E-state index contributed by atoms with van der Waals surface area (Å²) in [6, 6.07) is 8.37. The van der Waals surface area contributed by atoms with Crippen LogP contribution in [0.4, 0.5) is 5.69 Å². The van der Waals surface area contributed by atoms with Gasteiger partial charge in [0.2, 0.25) is 0 Å². The maximum absolute atomic E-state index is 4.47. The Morgan fingerprint density at radius 2 is 1.88 bits per heavy atom. The molecule has 0 aliphatic rings. The molecule has 17 heavy (non-hydrogen) atoms. The first-order valence-corrected chi connectivity index (χ1v) is 5.87. The van der Waals surface area contributed by atoms with Crippen molar-refractivity contribution in [2.45, 2.75) is 33.1 Å². The molecule has 0 unspecified atom stereocenters. The van der Waals surface area contributed by atoms with Gasteiger partial charge in [0, 0.05) is 7.05 Å². The van der Waals surface area contributed by atoms with Crippen LogP contribution in [0.1, 0.15) is 33.3 Å². The van der Waals surface area contributed by atoms with Gasteiger partial charge in [0.15, 0.2) is 0 Å². The molecule has 0 radical (unpaired) electrons. The number of benzene rings is 1. The van der Waals surface area contributed by atoms with E-state index >= 15 is 0 Å². The molecular formula is C15H22N2. The molecule has 1 aromatic rings. The molecule has 0 saturated heterocycles. The zero-order valence-electron chi connectivity index (χ0n) is 11.5. The van der Waals surface area contributed by atoms with Crippen LogP contribution in [-0.4, -0.2) is 12.8 Å². The molecule has 2 heteroatoms. The minimum Gasteiger partial charge on any atom is -0.268 e. The molecule has 2 nitrogen and oxygen atoms in total. The highest BCUT2D eigenvalue weighted by molar-refractivity contribution is 5.92. The first kappa shape index (κ1) is 13.5. The molecule has 0 N–H and O–H groups in total. The fraction of sp³-hybridized carbons (Fsp3) is 0.400. The molecule has 92 valence electrons. The third-order valence-electron chi connectivity index (χ3n) is 2.66. The second-order valence-electron chi connectivity index (χ2n) is 5.24. The Bertz CT molecular complexity index is 425. The molecule has 1 aromatic carbocycles. The predicted molar refractivity (Wildman–Crippen MR) is 76.9 cm³/mol. The van der Waals surface area contributed by atoms with Crippen LogP contribution >= 0.6 is 0 Å². The van der Waals surface area contributed by atoms with Crippen molar-refractivity contribution in [3.63, 3.8) is 0 Å². The maximum atomic E-state index is 4.47. The summed E-state index contributed by atoms with van der Waals surface area (Å²) >= 11 is 0. The summed E-state index contributed by atoms with van der Waals surface area (Å²) in [5.41, 5.74) is 3.46. The number of allylic oxidation sites excluding steroid dienone is 1. The fourth-order valence-corrected chi connectivity index (χ4v) is 1.72. The summed E-state index contributed by atoms with van der Waals surface area (Å²) in [6.45, 7) is 12.3. The highest BCUT2D eigenvalue weighted by Crippen LogP contribution is 2.31. The lowest BCUT2D eigenvalue weighted by Gasteiger charge is -2.26. The summed E-state index contributed by atoms with van der Waals surface area (Å²) < 4.78 is 0. The molecule has 0 saturated carbocycles. The summed E-state index contributed by atoms with van der Waals surface area (Å²) in [5.74, 6) is 0. The topological polar surface area (TPSA) is 15.6 Å². The number of rotatable bonds is 3. The average molecular weight is 230 g/mol. The Hall–Kier alpha value is -1.57. The Morgan fingerprint density at radius 1 is 1.29 bits per heavy atom. The van der Waals surface area contributed by atoms with Crippen LogP contribution < -0.4 is 5.01 Å². The summed E-state index contributed by atoms with van der Waals surface area (Å²) in [5, 5.41) is 6.39. The molecule has 0 amide bonds. The number of hydrogen-bond donors (Lipinski definition) is 0. The monoisotopic (exact) mass is 230 g/mol. The van der Waals surface area contributed by atoms with Crippen LogP contribution in [0.25, 0.3) is 0 Å².